The predicted octanol–water partition coefficient (Wildman–Crippen LogP) is 5.34. The van der Waals surface area contributed by atoms with Crippen LogP contribution < -0.4 is 5.32 Å². The van der Waals surface area contributed by atoms with Crippen LogP contribution in [0.5, 0.6) is 0 Å². The van der Waals surface area contributed by atoms with Crippen molar-refractivity contribution in [1.82, 2.24) is 5.32 Å². The fourth-order valence-electron chi connectivity index (χ4n) is 8.77. The number of allylic oxidation sites excluding steroid dienone is 2. The number of oxime groups is 1. The van der Waals surface area contributed by atoms with Crippen molar-refractivity contribution in [3.05, 3.63) is 47.5 Å². The Kier molecular flexibility index (Phi) is 7.71. The maximum absolute atomic E-state index is 12.4. The lowest BCUT2D eigenvalue weighted by Gasteiger charge is -2.58. The normalized spacial score (nSPS) is 35.2. The fourth-order valence-corrected chi connectivity index (χ4v) is 8.77. The Morgan fingerprint density at radius 3 is 2.54 bits per heavy atom. The van der Waals surface area contributed by atoms with Gasteiger partial charge in [-0.3, -0.25) is 9.59 Å². The number of benzene rings is 1. The van der Waals surface area contributed by atoms with E-state index in [1.807, 2.05) is 30.3 Å². The van der Waals surface area contributed by atoms with Crippen molar-refractivity contribution < 1.29 is 24.3 Å². The number of ketones is 1. The molecule has 5 unspecified atom stereocenters. The van der Waals surface area contributed by atoms with Crippen LogP contribution in [0, 0.1) is 34.5 Å². The lowest BCUT2D eigenvalue weighted by molar-refractivity contribution is -0.142. The number of carbonyl (C=O) groups is 3. The molecule has 5 rings (SSSR count). The number of rotatable bonds is 8. The second-order valence-electron chi connectivity index (χ2n) is 12.8. The van der Waals surface area contributed by atoms with Crippen LogP contribution in [-0.4, -0.2) is 41.1 Å². The van der Waals surface area contributed by atoms with E-state index in [1.165, 1.54) is 24.8 Å². The first-order valence-electron chi connectivity index (χ1n) is 14.6. The standard InChI is InChI=1S/C32H42N2O5/c1-20(35)25-11-12-26-24-10-9-22-18-23(13-15-31(22,2)27(24)14-16-32(25,26)3)34-39-19-29(36)33-28(30(37)38)17-21-7-5-4-6-8-21/h4-8,18,24-28H,9-17,19H2,1-3H3,(H,33,36)(H,37,38)/t24?,25?,26?,27?,28?,31-,32+/m0/s1. The molecule has 0 aliphatic heterocycles. The second-order valence-corrected chi connectivity index (χ2v) is 12.8. The van der Waals surface area contributed by atoms with Crippen molar-refractivity contribution in [2.24, 2.45) is 39.7 Å². The summed E-state index contributed by atoms with van der Waals surface area (Å²) in [5.74, 6) is 1.01. The molecule has 0 spiro atoms. The SMILES string of the molecule is CC(=O)C1CCC2C3CCC4=CC(=NOCC(=O)NC(Cc5ccccc5)C(=O)O)CC[C@]4(C)C3CC[C@]12C. The predicted molar refractivity (Wildman–Crippen MR) is 149 cm³/mol. The smallest absolute Gasteiger partial charge is 0.326 e. The molecule has 2 N–H and O–H groups in total. The Bertz CT molecular complexity index is 1180. The van der Waals surface area contributed by atoms with Gasteiger partial charge in [-0.15, -0.1) is 0 Å². The van der Waals surface area contributed by atoms with Gasteiger partial charge in [0.25, 0.3) is 5.91 Å². The molecule has 3 saturated carbocycles. The average molecular weight is 535 g/mol. The number of nitrogens with zero attached hydrogens (tertiary/aromatic N) is 1. The summed E-state index contributed by atoms with van der Waals surface area (Å²) in [6, 6.07) is 8.21. The van der Waals surface area contributed by atoms with E-state index in [4.69, 9.17) is 4.84 Å². The fraction of sp³-hybridized carbons (Fsp3) is 0.625. The number of carboxylic acids is 1. The van der Waals surface area contributed by atoms with Gasteiger partial charge in [0.15, 0.2) is 6.61 Å². The van der Waals surface area contributed by atoms with E-state index in [1.54, 1.807) is 6.92 Å². The first-order valence-corrected chi connectivity index (χ1v) is 14.6. The van der Waals surface area contributed by atoms with E-state index in [-0.39, 0.29) is 29.8 Å². The topological polar surface area (TPSA) is 105 Å². The molecule has 0 heterocycles. The van der Waals surface area contributed by atoms with Crippen LogP contribution in [0.25, 0.3) is 0 Å². The van der Waals surface area contributed by atoms with Crippen molar-refractivity contribution in [3.8, 4) is 0 Å². The van der Waals surface area contributed by atoms with Crippen molar-refractivity contribution in [3.63, 3.8) is 0 Å². The molecule has 1 amide bonds. The molecule has 0 radical (unpaired) electrons. The molecule has 7 nitrogen and oxygen atoms in total. The van der Waals surface area contributed by atoms with Gasteiger partial charge in [-0.2, -0.15) is 0 Å². The Balaban J connectivity index is 1.19. The van der Waals surface area contributed by atoms with Crippen LogP contribution in [0.2, 0.25) is 0 Å². The highest BCUT2D eigenvalue weighted by molar-refractivity contribution is 5.96. The number of hydrogen-bond acceptors (Lipinski definition) is 5. The van der Waals surface area contributed by atoms with Gasteiger partial charge in [0.1, 0.15) is 11.8 Å². The van der Waals surface area contributed by atoms with Gasteiger partial charge in [0, 0.05) is 12.3 Å². The van der Waals surface area contributed by atoms with Gasteiger partial charge < -0.3 is 15.3 Å². The molecule has 39 heavy (non-hydrogen) atoms. The molecule has 1 aromatic rings. The van der Waals surface area contributed by atoms with Crippen molar-refractivity contribution >= 4 is 23.4 Å². The zero-order valence-electron chi connectivity index (χ0n) is 23.4. The van der Waals surface area contributed by atoms with Crippen LogP contribution in [0.4, 0.5) is 0 Å². The number of aliphatic carboxylic acids is 1. The molecule has 0 bridgehead atoms. The molecule has 7 atom stereocenters. The molecule has 3 fully saturated rings. The van der Waals surface area contributed by atoms with E-state index in [9.17, 15) is 19.5 Å². The third kappa shape index (κ3) is 5.29. The largest absolute Gasteiger partial charge is 0.480 e. The molecule has 4 aliphatic rings. The summed E-state index contributed by atoms with van der Waals surface area (Å²) >= 11 is 0. The number of carbonyl (C=O) groups excluding carboxylic acids is 2. The van der Waals surface area contributed by atoms with Crippen LogP contribution in [-0.2, 0) is 25.6 Å². The molecular weight excluding hydrogens is 492 g/mol. The Labute approximate surface area is 231 Å². The van der Waals surface area contributed by atoms with E-state index >= 15 is 0 Å². The Morgan fingerprint density at radius 2 is 1.82 bits per heavy atom. The molecule has 210 valence electrons. The summed E-state index contributed by atoms with van der Waals surface area (Å²) in [7, 11) is 0. The minimum absolute atomic E-state index is 0.154. The lowest BCUT2D eigenvalue weighted by Crippen LogP contribution is -2.51. The quantitative estimate of drug-likeness (QED) is 0.438. The van der Waals surface area contributed by atoms with Gasteiger partial charge in [0.05, 0.1) is 5.71 Å². The summed E-state index contributed by atoms with van der Waals surface area (Å²) < 4.78 is 0. The first-order chi connectivity index (χ1) is 18.6. The molecular formula is C32H42N2O5. The monoisotopic (exact) mass is 534 g/mol. The molecule has 0 saturated heterocycles. The lowest BCUT2D eigenvalue weighted by atomic mass is 9.46. The summed E-state index contributed by atoms with van der Waals surface area (Å²) in [5, 5.41) is 16.3. The summed E-state index contributed by atoms with van der Waals surface area (Å²) in [6.07, 6.45) is 11.0. The molecule has 1 aromatic carbocycles. The first kappa shape index (κ1) is 27.6. The van der Waals surface area contributed by atoms with Gasteiger partial charge in [-0.25, -0.2) is 4.79 Å². The van der Waals surface area contributed by atoms with Gasteiger partial charge >= 0.3 is 5.97 Å². The zero-order chi connectivity index (χ0) is 27.8. The van der Waals surface area contributed by atoms with Crippen molar-refractivity contribution in [1.29, 1.82) is 0 Å². The molecule has 4 aliphatic carbocycles. The van der Waals surface area contributed by atoms with Gasteiger partial charge in [0.2, 0.25) is 0 Å². The highest BCUT2D eigenvalue weighted by Crippen LogP contribution is 2.66. The average Bonchev–Trinajstić information content (AvgIpc) is 3.26. The highest BCUT2D eigenvalue weighted by atomic mass is 16.6. The van der Waals surface area contributed by atoms with Crippen molar-refractivity contribution in [2.45, 2.75) is 84.6 Å². The number of nitrogens with one attached hydrogen (secondary N) is 1. The van der Waals surface area contributed by atoms with Crippen molar-refractivity contribution in [2.75, 3.05) is 6.61 Å². The number of carboxylic acid groups (broad SMARTS) is 1. The second kappa shape index (κ2) is 10.9. The summed E-state index contributed by atoms with van der Waals surface area (Å²) in [5.41, 5.74) is 3.46. The maximum Gasteiger partial charge on any atom is 0.326 e. The minimum Gasteiger partial charge on any atom is -0.480 e. The van der Waals surface area contributed by atoms with Crippen LogP contribution >= 0.6 is 0 Å². The number of amides is 1. The van der Waals surface area contributed by atoms with E-state index < -0.39 is 17.9 Å². The number of fused-ring (bicyclic) bond motifs is 5. The molecule has 7 heteroatoms. The van der Waals surface area contributed by atoms with Crippen LogP contribution in [0.3, 0.4) is 0 Å². The number of hydrogen-bond donors (Lipinski definition) is 2. The summed E-state index contributed by atoms with van der Waals surface area (Å²) in [6.45, 7) is 6.29. The van der Waals surface area contributed by atoms with E-state index in [0.717, 1.165) is 43.4 Å². The Morgan fingerprint density at radius 1 is 1.05 bits per heavy atom. The zero-order valence-corrected chi connectivity index (χ0v) is 23.4. The third-order valence-electron chi connectivity index (χ3n) is 10.8. The van der Waals surface area contributed by atoms with E-state index in [2.05, 4.69) is 30.4 Å². The minimum atomic E-state index is -1.08. The van der Waals surface area contributed by atoms with Crippen LogP contribution in [0.1, 0.15) is 77.7 Å². The number of Topliss-reactive ketones (excluding diaryl/α,β-unsaturated/α-hetero) is 1. The van der Waals surface area contributed by atoms with Gasteiger partial charge in [-0.05, 0) is 98.5 Å². The third-order valence-corrected chi connectivity index (χ3v) is 10.8. The maximum atomic E-state index is 12.4. The van der Waals surface area contributed by atoms with Crippen LogP contribution in [0.15, 0.2) is 47.1 Å². The van der Waals surface area contributed by atoms with E-state index in [0.29, 0.717) is 23.5 Å². The highest BCUT2D eigenvalue weighted by Gasteiger charge is 2.59. The molecule has 0 aromatic heterocycles. The Hall–Kier alpha value is -2.96. The summed E-state index contributed by atoms with van der Waals surface area (Å²) in [4.78, 5) is 41.8. The van der Waals surface area contributed by atoms with Gasteiger partial charge in [-0.1, -0.05) is 54.9 Å².